The Balaban J connectivity index is 0.00000156. The van der Waals surface area contributed by atoms with Crippen molar-refractivity contribution in [1.29, 1.82) is 0 Å². The fraction of sp³-hybridized carbons (Fsp3) is 0.667. The van der Waals surface area contributed by atoms with E-state index in [-0.39, 0.29) is 30.7 Å². The molecule has 2 fully saturated rings. The molecule has 2 aliphatic rings. The number of carbonyl (C=O) groups is 2. The maximum atomic E-state index is 12.2. The van der Waals surface area contributed by atoms with Gasteiger partial charge in [0.25, 0.3) is 5.91 Å². The third-order valence-corrected chi connectivity index (χ3v) is 5.66. The number of carbonyl (C=O) groups excluding carboxylic acids is 2. The number of halogens is 2. The standard InChI is InChI=1S/C15H23N5O2S.2ClH/c1-17-5-7-20-12-4-6-19(8-10(12)2-3-13(20)21)15-18-11(9-23-15)14(16)22;;/h9-10,12,17H,2-8H2,1H3,(H2,16,22);2*1H/t10-,12+;;/m0../s1. The van der Waals surface area contributed by atoms with Crippen LogP contribution in [0.1, 0.15) is 29.8 Å². The summed E-state index contributed by atoms with van der Waals surface area (Å²) in [7, 11) is 1.91. The Morgan fingerprint density at radius 2 is 2.20 bits per heavy atom. The maximum Gasteiger partial charge on any atom is 0.268 e. The molecule has 1 aromatic rings. The Kier molecular flexibility index (Phi) is 8.40. The number of piperidine rings is 2. The van der Waals surface area contributed by atoms with Crippen molar-refractivity contribution in [1.82, 2.24) is 15.2 Å². The van der Waals surface area contributed by atoms with Crippen LogP contribution in [0.25, 0.3) is 0 Å². The van der Waals surface area contributed by atoms with Crippen LogP contribution < -0.4 is 16.0 Å². The zero-order valence-corrected chi connectivity index (χ0v) is 16.6. The Hall–Kier alpha value is -1.09. The van der Waals surface area contributed by atoms with E-state index in [4.69, 9.17) is 5.73 Å². The largest absolute Gasteiger partial charge is 0.364 e. The van der Waals surface area contributed by atoms with Crippen molar-refractivity contribution < 1.29 is 9.59 Å². The van der Waals surface area contributed by atoms with Crippen LogP contribution in [0.4, 0.5) is 5.13 Å². The van der Waals surface area contributed by atoms with Gasteiger partial charge >= 0.3 is 0 Å². The molecule has 3 heterocycles. The lowest BCUT2D eigenvalue weighted by Gasteiger charge is -2.47. The van der Waals surface area contributed by atoms with Crippen molar-refractivity contribution in [2.24, 2.45) is 11.7 Å². The maximum absolute atomic E-state index is 12.2. The van der Waals surface area contributed by atoms with Crippen LogP contribution in [0, 0.1) is 5.92 Å². The first-order valence-corrected chi connectivity index (χ1v) is 8.92. The van der Waals surface area contributed by atoms with Crippen LogP contribution >= 0.6 is 36.2 Å². The molecule has 0 radical (unpaired) electrons. The highest BCUT2D eigenvalue weighted by Crippen LogP contribution is 2.34. The minimum atomic E-state index is -0.483. The van der Waals surface area contributed by atoms with Gasteiger partial charge in [0, 0.05) is 44.0 Å². The highest BCUT2D eigenvalue weighted by molar-refractivity contribution is 7.13. The van der Waals surface area contributed by atoms with Gasteiger partial charge in [-0.1, -0.05) is 0 Å². The molecule has 142 valence electrons. The molecule has 0 bridgehead atoms. The number of hydrogen-bond donors (Lipinski definition) is 2. The quantitative estimate of drug-likeness (QED) is 0.759. The zero-order chi connectivity index (χ0) is 16.4. The molecule has 0 spiro atoms. The van der Waals surface area contributed by atoms with Gasteiger partial charge in [0.05, 0.1) is 0 Å². The third-order valence-electron chi connectivity index (χ3n) is 4.76. The number of nitrogens with zero attached hydrogens (tertiary/aromatic N) is 3. The van der Waals surface area contributed by atoms with Crippen molar-refractivity contribution >= 4 is 53.1 Å². The summed E-state index contributed by atoms with van der Waals surface area (Å²) in [4.78, 5) is 32.0. The highest BCUT2D eigenvalue weighted by Gasteiger charge is 2.39. The van der Waals surface area contributed by atoms with E-state index in [9.17, 15) is 9.59 Å². The molecule has 10 heteroatoms. The average molecular weight is 410 g/mol. The number of amides is 2. The van der Waals surface area contributed by atoms with Gasteiger partial charge in [-0.15, -0.1) is 36.2 Å². The minimum absolute atomic E-state index is 0. The molecule has 0 unspecified atom stereocenters. The fourth-order valence-electron chi connectivity index (χ4n) is 3.57. The summed E-state index contributed by atoms with van der Waals surface area (Å²) in [5.41, 5.74) is 5.61. The lowest BCUT2D eigenvalue weighted by Crippen LogP contribution is -2.57. The van der Waals surface area contributed by atoms with Gasteiger partial charge in [-0.3, -0.25) is 9.59 Å². The normalized spacial score (nSPS) is 22.7. The number of likely N-dealkylation sites (tertiary alicyclic amines) is 1. The smallest absolute Gasteiger partial charge is 0.268 e. The molecule has 0 saturated carbocycles. The minimum Gasteiger partial charge on any atom is -0.364 e. The molecule has 2 amide bonds. The second kappa shape index (κ2) is 9.56. The van der Waals surface area contributed by atoms with E-state index in [1.54, 1.807) is 5.38 Å². The van der Waals surface area contributed by atoms with Gasteiger partial charge in [0.15, 0.2) is 5.13 Å². The van der Waals surface area contributed by atoms with Crippen LogP contribution in [-0.4, -0.2) is 61.0 Å². The molecule has 0 aliphatic carbocycles. The molecule has 3 rings (SSSR count). The van der Waals surface area contributed by atoms with Gasteiger partial charge in [0.1, 0.15) is 5.69 Å². The van der Waals surface area contributed by atoms with E-state index < -0.39 is 5.91 Å². The molecule has 3 N–H and O–H groups in total. The highest BCUT2D eigenvalue weighted by atomic mass is 35.5. The summed E-state index contributed by atoms with van der Waals surface area (Å²) in [5.74, 6) is 0.267. The summed E-state index contributed by atoms with van der Waals surface area (Å²) in [6.45, 7) is 3.35. The number of nitrogens with one attached hydrogen (secondary N) is 1. The van der Waals surface area contributed by atoms with E-state index in [1.807, 2.05) is 7.05 Å². The predicted molar refractivity (Wildman–Crippen MR) is 104 cm³/mol. The molecule has 25 heavy (non-hydrogen) atoms. The Morgan fingerprint density at radius 1 is 1.44 bits per heavy atom. The molecular formula is C15H25Cl2N5O2S. The van der Waals surface area contributed by atoms with Crippen LogP contribution in [0.5, 0.6) is 0 Å². The zero-order valence-electron chi connectivity index (χ0n) is 14.1. The first-order chi connectivity index (χ1) is 11.1. The van der Waals surface area contributed by atoms with E-state index in [1.165, 1.54) is 11.3 Å². The van der Waals surface area contributed by atoms with Crippen LogP contribution in [0.2, 0.25) is 0 Å². The summed E-state index contributed by atoms with van der Waals surface area (Å²) in [6, 6.07) is 0.330. The first-order valence-electron chi connectivity index (χ1n) is 8.04. The second-order valence-corrected chi connectivity index (χ2v) is 7.01. The number of anilines is 1. The number of likely N-dealkylation sites (N-methyl/N-ethyl adjacent to an activating group) is 1. The average Bonchev–Trinajstić information content (AvgIpc) is 3.04. The number of primary amides is 1. The molecular weight excluding hydrogens is 385 g/mol. The van der Waals surface area contributed by atoms with Crippen molar-refractivity contribution in [3.05, 3.63) is 11.1 Å². The molecule has 1 aromatic heterocycles. The van der Waals surface area contributed by atoms with Gasteiger partial charge in [0.2, 0.25) is 5.91 Å². The number of thiazole rings is 1. The Bertz CT molecular complexity index is 600. The summed E-state index contributed by atoms with van der Waals surface area (Å²) in [5, 5.41) is 5.70. The van der Waals surface area contributed by atoms with E-state index in [2.05, 4.69) is 20.1 Å². The number of rotatable bonds is 5. The first kappa shape index (κ1) is 22.0. The summed E-state index contributed by atoms with van der Waals surface area (Å²) in [6.07, 6.45) is 2.51. The predicted octanol–water partition coefficient (Wildman–Crippen LogP) is 1.12. The SMILES string of the molecule is CNCCN1C(=O)CC[C@H]2CN(c3nc(C(N)=O)cs3)CC[C@H]21.Cl.Cl. The van der Waals surface area contributed by atoms with Crippen molar-refractivity contribution in [2.45, 2.75) is 25.3 Å². The Morgan fingerprint density at radius 3 is 2.84 bits per heavy atom. The topological polar surface area (TPSA) is 91.6 Å². The molecule has 2 aliphatic heterocycles. The van der Waals surface area contributed by atoms with Crippen LogP contribution in [0.15, 0.2) is 5.38 Å². The van der Waals surface area contributed by atoms with E-state index >= 15 is 0 Å². The van der Waals surface area contributed by atoms with Gasteiger partial charge in [-0.25, -0.2) is 4.98 Å². The van der Waals surface area contributed by atoms with Gasteiger partial charge < -0.3 is 20.9 Å². The summed E-state index contributed by atoms with van der Waals surface area (Å²) < 4.78 is 0. The van der Waals surface area contributed by atoms with Crippen molar-refractivity contribution in [3.8, 4) is 0 Å². The fourth-order valence-corrected chi connectivity index (χ4v) is 4.42. The van der Waals surface area contributed by atoms with E-state index in [0.717, 1.165) is 44.2 Å². The van der Waals surface area contributed by atoms with Crippen molar-refractivity contribution in [3.63, 3.8) is 0 Å². The number of fused-ring (bicyclic) bond motifs is 1. The Labute approximate surface area is 164 Å². The number of hydrogen-bond acceptors (Lipinski definition) is 6. The van der Waals surface area contributed by atoms with Crippen LogP contribution in [0.3, 0.4) is 0 Å². The molecule has 0 aromatic carbocycles. The summed E-state index contributed by atoms with van der Waals surface area (Å²) >= 11 is 1.46. The lowest BCUT2D eigenvalue weighted by atomic mass is 9.83. The molecule has 2 atom stereocenters. The molecule has 2 saturated heterocycles. The number of aromatic nitrogens is 1. The monoisotopic (exact) mass is 409 g/mol. The molecule has 7 nitrogen and oxygen atoms in total. The van der Waals surface area contributed by atoms with Gasteiger partial charge in [-0.2, -0.15) is 0 Å². The van der Waals surface area contributed by atoms with Crippen LogP contribution in [-0.2, 0) is 4.79 Å². The number of nitrogens with two attached hydrogens (primary N) is 1. The van der Waals surface area contributed by atoms with E-state index in [0.29, 0.717) is 24.1 Å². The lowest BCUT2D eigenvalue weighted by molar-refractivity contribution is -0.139. The van der Waals surface area contributed by atoms with Crippen molar-refractivity contribution in [2.75, 3.05) is 38.1 Å². The van der Waals surface area contributed by atoms with Gasteiger partial charge in [-0.05, 0) is 25.8 Å². The second-order valence-electron chi connectivity index (χ2n) is 6.17. The third kappa shape index (κ3) is 4.75.